The molecule has 2 aliphatic rings. The number of rotatable bonds is 3. The number of aryl methyl sites for hydroxylation is 2. The molecule has 1 atom stereocenters. The maximum Gasteiger partial charge on any atom is 0.318 e. The third kappa shape index (κ3) is 3.72. The number of anilines is 1. The zero-order valence-corrected chi connectivity index (χ0v) is 15.0. The lowest BCUT2D eigenvalue weighted by Gasteiger charge is -2.43. The molecule has 2 saturated heterocycles. The molecule has 0 N–H and O–H groups in total. The summed E-state index contributed by atoms with van der Waals surface area (Å²) < 4.78 is 17.4. The molecule has 2 aliphatic heterocycles. The summed E-state index contributed by atoms with van der Waals surface area (Å²) in [5.74, 6) is 2.61. The Bertz CT molecular complexity index is 713. The topological polar surface area (TPSA) is 67.8 Å². The molecule has 2 fully saturated rings. The van der Waals surface area contributed by atoms with Crippen molar-refractivity contribution in [1.82, 2.24) is 15.1 Å². The number of hydrogen-bond acceptors (Lipinski definition) is 7. The zero-order valence-electron chi connectivity index (χ0n) is 15.0. The van der Waals surface area contributed by atoms with E-state index in [0.29, 0.717) is 18.5 Å². The lowest BCUT2D eigenvalue weighted by molar-refractivity contribution is 0.00862. The van der Waals surface area contributed by atoms with Crippen LogP contribution in [0.15, 0.2) is 21.0 Å². The van der Waals surface area contributed by atoms with Crippen LogP contribution >= 0.6 is 0 Å². The Hall–Kier alpha value is -1.86. The van der Waals surface area contributed by atoms with E-state index in [1.54, 1.807) is 0 Å². The number of nitrogens with zero attached hydrogens (tertiary/aromatic N) is 4. The number of piperidine rings is 1. The van der Waals surface area contributed by atoms with Gasteiger partial charge in [0.25, 0.3) is 0 Å². The Morgan fingerprint density at radius 1 is 1.12 bits per heavy atom. The highest BCUT2D eigenvalue weighted by Gasteiger charge is 2.40. The van der Waals surface area contributed by atoms with E-state index < -0.39 is 0 Å². The smallest absolute Gasteiger partial charge is 0.318 e. The van der Waals surface area contributed by atoms with E-state index >= 15 is 0 Å². The number of ether oxygens (including phenoxy) is 1. The summed E-state index contributed by atoms with van der Waals surface area (Å²) in [6, 6.07) is 4.72. The summed E-state index contributed by atoms with van der Waals surface area (Å²) in [6.07, 6.45) is 2.32. The van der Waals surface area contributed by atoms with Gasteiger partial charge in [0.2, 0.25) is 5.89 Å². The number of hydrogen-bond donors (Lipinski definition) is 0. The van der Waals surface area contributed by atoms with Gasteiger partial charge in [0, 0.05) is 32.0 Å². The number of furan rings is 1. The van der Waals surface area contributed by atoms with Crippen molar-refractivity contribution in [2.75, 3.05) is 44.3 Å². The molecule has 0 aliphatic carbocycles. The highest BCUT2D eigenvalue weighted by molar-refractivity contribution is 5.26. The highest BCUT2D eigenvalue weighted by atomic mass is 16.5. The lowest BCUT2D eigenvalue weighted by atomic mass is 9.80. The van der Waals surface area contributed by atoms with Gasteiger partial charge in [0.05, 0.1) is 19.8 Å². The molecule has 4 rings (SSSR count). The van der Waals surface area contributed by atoms with Crippen LogP contribution in [-0.4, -0.2) is 54.5 Å². The molecule has 0 aromatic carbocycles. The Morgan fingerprint density at radius 3 is 2.80 bits per heavy atom. The zero-order chi connectivity index (χ0) is 17.3. The van der Waals surface area contributed by atoms with Gasteiger partial charge in [0.1, 0.15) is 11.5 Å². The van der Waals surface area contributed by atoms with Gasteiger partial charge in [-0.1, -0.05) is 5.10 Å². The average Bonchev–Trinajstić information content (AvgIpc) is 3.14. The molecular weight excluding hydrogens is 320 g/mol. The SMILES string of the molecule is Cc1ccc(CN2CCC[C@]3(COCCN(c4nnc(C)o4)C3)C2)o1. The van der Waals surface area contributed by atoms with Crippen molar-refractivity contribution in [3.05, 3.63) is 29.5 Å². The molecule has 0 radical (unpaired) electrons. The molecule has 2 aromatic rings. The van der Waals surface area contributed by atoms with Crippen LogP contribution in [-0.2, 0) is 11.3 Å². The Kier molecular flexibility index (Phi) is 4.52. The molecule has 4 heterocycles. The molecular formula is C18H26N4O3. The summed E-state index contributed by atoms with van der Waals surface area (Å²) in [7, 11) is 0. The molecule has 7 heteroatoms. The van der Waals surface area contributed by atoms with E-state index in [4.69, 9.17) is 13.6 Å². The fourth-order valence-corrected chi connectivity index (χ4v) is 4.05. The quantitative estimate of drug-likeness (QED) is 0.845. The minimum absolute atomic E-state index is 0.0960. The summed E-state index contributed by atoms with van der Waals surface area (Å²) in [5, 5.41) is 8.18. The van der Waals surface area contributed by atoms with E-state index in [9.17, 15) is 0 Å². The van der Waals surface area contributed by atoms with Crippen molar-refractivity contribution in [3.8, 4) is 0 Å². The number of aromatic nitrogens is 2. The molecule has 136 valence electrons. The molecule has 7 nitrogen and oxygen atoms in total. The Morgan fingerprint density at radius 2 is 2.04 bits per heavy atom. The predicted octanol–water partition coefficient (Wildman–Crippen LogP) is 2.40. The second kappa shape index (κ2) is 6.80. The Labute approximate surface area is 147 Å². The van der Waals surface area contributed by atoms with E-state index in [1.165, 1.54) is 6.42 Å². The van der Waals surface area contributed by atoms with Crippen LogP contribution in [0.1, 0.15) is 30.3 Å². The monoisotopic (exact) mass is 346 g/mol. The normalized spacial score (nSPS) is 25.4. The maximum atomic E-state index is 5.97. The van der Waals surface area contributed by atoms with Gasteiger partial charge in [-0.2, -0.15) is 0 Å². The van der Waals surface area contributed by atoms with Gasteiger partial charge in [-0.3, -0.25) is 4.90 Å². The summed E-state index contributed by atoms with van der Waals surface area (Å²) in [4.78, 5) is 4.67. The van der Waals surface area contributed by atoms with Gasteiger partial charge in [-0.15, -0.1) is 5.10 Å². The van der Waals surface area contributed by atoms with Crippen LogP contribution in [0.2, 0.25) is 0 Å². The minimum Gasteiger partial charge on any atom is -0.465 e. The van der Waals surface area contributed by atoms with Crippen LogP contribution in [0.25, 0.3) is 0 Å². The highest BCUT2D eigenvalue weighted by Crippen LogP contribution is 2.35. The standard InChI is InChI=1S/C18H26N4O3/c1-14-4-5-16(24-14)10-21-7-3-6-18(11-21)12-22(8-9-23-13-18)17-20-19-15(2)25-17/h4-5H,3,6-13H2,1-2H3/t18-/m0/s1. The molecule has 0 bridgehead atoms. The first kappa shape index (κ1) is 16.6. The lowest BCUT2D eigenvalue weighted by Crippen LogP contribution is -2.50. The van der Waals surface area contributed by atoms with Gasteiger partial charge in [0.15, 0.2) is 0 Å². The van der Waals surface area contributed by atoms with E-state index in [-0.39, 0.29) is 5.41 Å². The molecule has 0 unspecified atom stereocenters. The molecule has 0 saturated carbocycles. The first-order valence-corrected chi connectivity index (χ1v) is 9.02. The molecule has 1 spiro atoms. The molecule has 0 amide bonds. The van der Waals surface area contributed by atoms with Crippen molar-refractivity contribution in [1.29, 1.82) is 0 Å². The summed E-state index contributed by atoms with van der Waals surface area (Å²) in [6.45, 7) is 9.93. The van der Waals surface area contributed by atoms with Crippen LogP contribution in [0.5, 0.6) is 0 Å². The van der Waals surface area contributed by atoms with Crippen LogP contribution < -0.4 is 4.90 Å². The van der Waals surface area contributed by atoms with Crippen LogP contribution in [0.3, 0.4) is 0 Å². The largest absolute Gasteiger partial charge is 0.465 e. The fourth-order valence-electron chi connectivity index (χ4n) is 4.05. The van der Waals surface area contributed by atoms with Crippen molar-refractivity contribution in [2.45, 2.75) is 33.2 Å². The first-order valence-electron chi connectivity index (χ1n) is 9.02. The summed E-state index contributed by atoms with van der Waals surface area (Å²) in [5.41, 5.74) is 0.0960. The molecule has 25 heavy (non-hydrogen) atoms. The summed E-state index contributed by atoms with van der Waals surface area (Å²) >= 11 is 0. The van der Waals surface area contributed by atoms with Gasteiger partial charge in [-0.25, -0.2) is 0 Å². The third-order valence-corrected chi connectivity index (χ3v) is 5.14. The van der Waals surface area contributed by atoms with E-state index in [2.05, 4.69) is 26.1 Å². The van der Waals surface area contributed by atoms with Crippen molar-refractivity contribution >= 4 is 6.01 Å². The fraction of sp³-hybridized carbons (Fsp3) is 0.667. The van der Waals surface area contributed by atoms with Gasteiger partial charge < -0.3 is 18.5 Å². The van der Waals surface area contributed by atoms with Gasteiger partial charge >= 0.3 is 6.01 Å². The van der Waals surface area contributed by atoms with Crippen molar-refractivity contribution in [3.63, 3.8) is 0 Å². The first-order chi connectivity index (χ1) is 12.1. The van der Waals surface area contributed by atoms with Crippen molar-refractivity contribution in [2.24, 2.45) is 5.41 Å². The second-order valence-corrected chi connectivity index (χ2v) is 7.40. The third-order valence-electron chi connectivity index (χ3n) is 5.14. The van der Waals surface area contributed by atoms with Crippen LogP contribution in [0, 0.1) is 19.3 Å². The predicted molar refractivity (Wildman–Crippen MR) is 92.5 cm³/mol. The minimum atomic E-state index is 0.0960. The van der Waals surface area contributed by atoms with E-state index in [0.717, 1.165) is 57.3 Å². The second-order valence-electron chi connectivity index (χ2n) is 7.40. The van der Waals surface area contributed by atoms with Crippen molar-refractivity contribution < 1.29 is 13.6 Å². The number of likely N-dealkylation sites (tertiary alicyclic amines) is 1. The maximum absolute atomic E-state index is 5.97. The van der Waals surface area contributed by atoms with E-state index in [1.807, 2.05) is 19.9 Å². The Balaban J connectivity index is 1.48. The average molecular weight is 346 g/mol. The van der Waals surface area contributed by atoms with Gasteiger partial charge in [-0.05, 0) is 38.4 Å². The van der Waals surface area contributed by atoms with Crippen LogP contribution in [0.4, 0.5) is 6.01 Å². The molecule has 2 aromatic heterocycles.